The van der Waals surface area contributed by atoms with Gasteiger partial charge in [-0.25, -0.2) is 0 Å². The van der Waals surface area contributed by atoms with Crippen LogP contribution in [-0.2, 0) is 13.6 Å². The molecule has 0 bridgehead atoms. The van der Waals surface area contributed by atoms with Gasteiger partial charge in [0.1, 0.15) is 5.75 Å². The summed E-state index contributed by atoms with van der Waals surface area (Å²) in [6.07, 6.45) is 4.24. The first kappa shape index (κ1) is 15.6. The highest BCUT2D eigenvalue weighted by Crippen LogP contribution is 2.24. The maximum absolute atomic E-state index is 5.62. The predicted octanol–water partition coefficient (Wildman–Crippen LogP) is 3.38. The summed E-state index contributed by atoms with van der Waals surface area (Å²) in [4.78, 5) is 0. The van der Waals surface area contributed by atoms with Gasteiger partial charge in [-0.1, -0.05) is 13.8 Å². The molecule has 0 atom stereocenters. The lowest BCUT2D eigenvalue weighted by molar-refractivity contribution is 0.317. The summed E-state index contributed by atoms with van der Waals surface area (Å²) < 4.78 is 7.50. The van der Waals surface area contributed by atoms with Gasteiger partial charge in [-0.15, -0.1) is 0 Å². The number of rotatable bonds is 8. The van der Waals surface area contributed by atoms with Crippen LogP contribution in [0.2, 0.25) is 0 Å². The van der Waals surface area contributed by atoms with E-state index in [1.807, 2.05) is 23.9 Å². The molecule has 0 aliphatic carbocycles. The van der Waals surface area contributed by atoms with E-state index in [-0.39, 0.29) is 0 Å². The summed E-state index contributed by atoms with van der Waals surface area (Å²) in [5.41, 5.74) is 3.41. The minimum atomic E-state index is 0.759. The fourth-order valence-electron chi connectivity index (χ4n) is 2.24. The minimum Gasteiger partial charge on any atom is -0.494 e. The topological polar surface area (TPSA) is 39.1 Å². The zero-order valence-electron chi connectivity index (χ0n) is 13.2. The second-order valence-electron chi connectivity index (χ2n) is 5.23. The highest BCUT2D eigenvalue weighted by atomic mass is 16.5. The number of nitrogens with zero attached hydrogens (tertiary/aromatic N) is 2. The van der Waals surface area contributed by atoms with Crippen LogP contribution < -0.4 is 10.1 Å². The molecule has 0 aliphatic rings. The van der Waals surface area contributed by atoms with Crippen molar-refractivity contribution in [2.45, 2.75) is 33.2 Å². The van der Waals surface area contributed by atoms with Crippen molar-refractivity contribution in [2.24, 2.45) is 7.05 Å². The van der Waals surface area contributed by atoms with Crippen molar-refractivity contribution in [1.82, 2.24) is 15.1 Å². The molecule has 21 heavy (non-hydrogen) atoms. The number of hydrogen-bond donors (Lipinski definition) is 1. The Morgan fingerprint density at radius 1 is 1.14 bits per heavy atom. The van der Waals surface area contributed by atoms with Crippen LogP contribution >= 0.6 is 0 Å². The van der Waals surface area contributed by atoms with Gasteiger partial charge in [0, 0.05) is 30.9 Å². The number of aryl methyl sites for hydroxylation is 1. The lowest BCUT2D eigenvalue weighted by Gasteiger charge is -2.06. The number of ether oxygens (including phenoxy) is 1. The van der Waals surface area contributed by atoms with Crippen molar-refractivity contribution in [1.29, 1.82) is 0 Å². The molecule has 1 aromatic heterocycles. The van der Waals surface area contributed by atoms with Gasteiger partial charge >= 0.3 is 0 Å². The molecule has 4 nitrogen and oxygen atoms in total. The Labute approximate surface area is 127 Å². The maximum Gasteiger partial charge on any atom is 0.119 e. The first-order valence-corrected chi connectivity index (χ1v) is 7.71. The summed E-state index contributed by atoms with van der Waals surface area (Å²) in [7, 11) is 1.96. The molecule has 0 aliphatic heterocycles. The smallest absolute Gasteiger partial charge is 0.119 e. The molecule has 0 amide bonds. The SMILES string of the molecule is CCCNCc1cn(C)nc1-c1ccc(OCCC)cc1. The quantitative estimate of drug-likeness (QED) is 0.757. The van der Waals surface area contributed by atoms with Gasteiger partial charge in [0.2, 0.25) is 0 Å². The summed E-state index contributed by atoms with van der Waals surface area (Å²) in [5, 5.41) is 8.02. The van der Waals surface area contributed by atoms with Crippen LogP contribution in [-0.4, -0.2) is 22.9 Å². The Kier molecular flexibility index (Phi) is 5.81. The van der Waals surface area contributed by atoms with Crippen LogP contribution in [0, 0.1) is 0 Å². The van der Waals surface area contributed by atoms with E-state index in [4.69, 9.17) is 4.74 Å². The first-order chi connectivity index (χ1) is 10.2. The Morgan fingerprint density at radius 3 is 2.57 bits per heavy atom. The van der Waals surface area contributed by atoms with Gasteiger partial charge in [-0.3, -0.25) is 4.68 Å². The van der Waals surface area contributed by atoms with E-state index in [0.29, 0.717) is 0 Å². The highest BCUT2D eigenvalue weighted by molar-refractivity contribution is 5.63. The molecule has 0 fully saturated rings. The van der Waals surface area contributed by atoms with Gasteiger partial charge < -0.3 is 10.1 Å². The molecule has 2 rings (SSSR count). The Hall–Kier alpha value is -1.81. The van der Waals surface area contributed by atoms with E-state index in [1.165, 1.54) is 5.56 Å². The van der Waals surface area contributed by atoms with Crippen LogP contribution in [0.4, 0.5) is 0 Å². The summed E-state index contributed by atoms with van der Waals surface area (Å²) in [5.74, 6) is 0.919. The number of aromatic nitrogens is 2. The van der Waals surface area contributed by atoms with Gasteiger partial charge in [0.25, 0.3) is 0 Å². The molecule has 4 heteroatoms. The van der Waals surface area contributed by atoms with Crippen molar-refractivity contribution in [2.75, 3.05) is 13.2 Å². The number of hydrogen-bond acceptors (Lipinski definition) is 3. The third kappa shape index (κ3) is 4.33. The van der Waals surface area contributed by atoms with E-state index in [0.717, 1.165) is 49.5 Å². The van der Waals surface area contributed by atoms with E-state index < -0.39 is 0 Å². The van der Waals surface area contributed by atoms with Crippen LogP contribution in [0.25, 0.3) is 11.3 Å². The number of nitrogens with one attached hydrogen (secondary N) is 1. The van der Waals surface area contributed by atoms with Crippen LogP contribution in [0.5, 0.6) is 5.75 Å². The molecule has 0 radical (unpaired) electrons. The predicted molar refractivity (Wildman–Crippen MR) is 86.4 cm³/mol. The Morgan fingerprint density at radius 2 is 1.90 bits per heavy atom. The van der Waals surface area contributed by atoms with Crippen molar-refractivity contribution in [3.63, 3.8) is 0 Å². The van der Waals surface area contributed by atoms with Crippen molar-refractivity contribution in [3.8, 4) is 17.0 Å². The second kappa shape index (κ2) is 7.84. The van der Waals surface area contributed by atoms with E-state index >= 15 is 0 Å². The molecule has 0 saturated heterocycles. The average molecular weight is 287 g/mol. The van der Waals surface area contributed by atoms with E-state index in [1.54, 1.807) is 0 Å². The van der Waals surface area contributed by atoms with Gasteiger partial charge in [-0.2, -0.15) is 5.10 Å². The second-order valence-corrected chi connectivity index (χ2v) is 5.23. The molecular weight excluding hydrogens is 262 g/mol. The summed E-state index contributed by atoms with van der Waals surface area (Å²) in [6.45, 7) is 6.92. The summed E-state index contributed by atoms with van der Waals surface area (Å²) >= 11 is 0. The van der Waals surface area contributed by atoms with Gasteiger partial charge in [-0.05, 0) is 43.7 Å². The molecule has 1 aromatic carbocycles. The van der Waals surface area contributed by atoms with Crippen molar-refractivity contribution >= 4 is 0 Å². The van der Waals surface area contributed by atoms with Crippen LogP contribution in [0.3, 0.4) is 0 Å². The molecule has 0 spiro atoms. The third-order valence-corrected chi connectivity index (χ3v) is 3.25. The molecule has 1 N–H and O–H groups in total. The lowest BCUT2D eigenvalue weighted by Crippen LogP contribution is -2.13. The fourth-order valence-corrected chi connectivity index (χ4v) is 2.24. The Bertz CT molecular complexity index is 546. The molecule has 114 valence electrons. The zero-order valence-corrected chi connectivity index (χ0v) is 13.2. The monoisotopic (exact) mass is 287 g/mol. The number of benzene rings is 1. The molecule has 0 unspecified atom stereocenters. The largest absolute Gasteiger partial charge is 0.494 e. The first-order valence-electron chi connectivity index (χ1n) is 7.71. The van der Waals surface area contributed by atoms with E-state index in [9.17, 15) is 0 Å². The zero-order chi connectivity index (χ0) is 15.1. The van der Waals surface area contributed by atoms with E-state index in [2.05, 4.69) is 42.6 Å². The Balaban J connectivity index is 2.13. The van der Waals surface area contributed by atoms with Crippen molar-refractivity contribution in [3.05, 3.63) is 36.0 Å². The highest BCUT2D eigenvalue weighted by Gasteiger charge is 2.10. The van der Waals surface area contributed by atoms with Crippen LogP contribution in [0.15, 0.2) is 30.5 Å². The molecule has 2 aromatic rings. The van der Waals surface area contributed by atoms with Crippen molar-refractivity contribution < 1.29 is 4.74 Å². The minimum absolute atomic E-state index is 0.759. The molecular formula is C17H25N3O. The third-order valence-electron chi connectivity index (χ3n) is 3.25. The van der Waals surface area contributed by atoms with Gasteiger partial charge in [0.15, 0.2) is 0 Å². The average Bonchev–Trinajstić information content (AvgIpc) is 2.87. The normalized spacial score (nSPS) is 10.8. The summed E-state index contributed by atoms with van der Waals surface area (Å²) in [6, 6.07) is 8.19. The molecule has 1 heterocycles. The maximum atomic E-state index is 5.62. The fraction of sp³-hybridized carbons (Fsp3) is 0.471. The standard InChI is InChI=1S/C17H25N3O/c1-4-10-18-12-15-13-20(3)19-17(15)14-6-8-16(9-7-14)21-11-5-2/h6-9,13,18H,4-5,10-12H2,1-3H3. The molecule has 0 saturated carbocycles. The lowest BCUT2D eigenvalue weighted by atomic mass is 10.1. The van der Waals surface area contributed by atoms with Gasteiger partial charge in [0.05, 0.1) is 12.3 Å². The van der Waals surface area contributed by atoms with Crippen LogP contribution in [0.1, 0.15) is 32.3 Å².